The molecule has 0 saturated carbocycles. The molecule has 9 heteroatoms. The van der Waals surface area contributed by atoms with Crippen molar-refractivity contribution >= 4 is 17.9 Å². The minimum atomic E-state index is -0.539. The number of likely N-dealkylation sites (N-methyl/N-ethyl adjacent to an activating group) is 1. The molecule has 0 radical (unpaired) electrons. The Kier molecular flexibility index (Phi) is 8.53. The summed E-state index contributed by atoms with van der Waals surface area (Å²) in [6.07, 6.45) is 2.98. The van der Waals surface area contributed by atoms with E-state index in [1.165, 1.54) is 17.0 Å². The third-order valence-electron chi connectivity index (χ3n) is 5.91. The number of aromatic nitrogens is 1. The number of piperidine rings is 1. The number of carbonyl (C=O) groups is 3. The molecule has 0 atom stereocenters. The molecule has 3 amide bonds. The van der Waals surface area contributed by atoms with Crippen molar-refractivity contribution in [3.8, 4) is 0 Å². The van der Waals surface area contributed by atoms with Crippen molar-refractivity contribution in [3.63, 3.8) is 0 Å². The lowest BCUT2D eigenvalue weighted by molar-refractivity contribution is -0.121. The van der Waals surface area contributed by atoms with E-state index in [1.54, 1.807) is 23.1 Å². The topological polar surface area (TPSA) is 83.9 Å². The van der Waals surface area contributed by atoms with E-state index >= 15 is 0 Å². The van der Waals surface area contributed by atoms with E-state index in [2.05, 4.69) is 5.32 Å². The van der Waals surface area contributed by atoms with Crippen molar-refractivity contribution in [1.82, 2.24) is 19.7 Å². The Morgan fingerprint density at radius 2 is 1.77 bits per heavy atom. The van der Waals surface area contributed by atoms with Gasteiger partial charge in [0.25, 0.3) is 5.91 Å². The van der Waals surface area contributed by atoms with Crippen LogP contribution >= 0.6 is 0 Å². The average molecular weight is 487 g/mol. The lowest BCUT2D eigenvalue weighted by atomic mass is 10.0. The zero-order valence-corrected chi connectivity index (χ0v) is 20.9. The highest BCUT2D eigenvalue weighted by atomic mass is 19.1. The number of amides is 3. The van der Waals surface area contributed by atoms with Crippen LogP contribution in [0.2, 0.25) is 0 Å². The molecule has 35 heavy (non-hydrogen) atoms. The van der Waals surface area contributed by atoms with Crippen LogP contribution in [0.15, 0.2) is 42.6 Å². The van der Waals surface area contributed by atoms with Crippen LogP contribution < -0.4 is 5.32 Å². The number of likely N-dealkylation sites (tertiary alicyclic amines) is 1. The summed E-state index contributed by atoms with van der Waals surface area (Å²) < 4.78 is 20.5. The average Bonchev–Trinajstić information content (AvgIpc) is 3.31. The standard InChI is InChI=1S/C26H35FN4O4/c1-5-29(18-23(32)28-17-19-8-10-20(27)11-9-19)24(33)22-7-6-14-31(22)21-12-15-30(16-13-21)25(34)35-26(2,3)4/h6-11,14,21H,5,12-13,15-18H2,1-4H3,(H,28,32). The van der Waals surface area contributed by atoms with Gasteiger partial charge in [0.1, 0.15) is 17.1 Å². The van der Waals surface area contributed by atoms with Gasteiger partial charge in [0, 0.05) is 38.4 Å². The highest BCUT2D eigenvalue weighted by Gasteiger charge is 2.29. The summed E-state index contributed by atoms with van der Waals surface area (Å²) in [6, 6.07) is 9.58. The highest BCUT2D eigenvalue weighted by Crippen LogP contribution is 2.26. The third-order valence-corrected chi connectivity index (χ3v) is 5.91. The fourth-order valence-corrected chi connectivity index (χ4v) is 4.07. The van der Waals surface area contributed by atoms with Gasteiger partial charge in [-0.3, -0.25) is 9.59 Å². The minimum Gasteiger partial charge on any atom is -0.444 e. The Morgan fingerprint density at radius 3 is 2.37 bits per heavy atom. The van der Waals surface area contributed by atoms with E-state index in [0.717, 1.165) is 5.56 Å². The summed E-state index contributed by atoms with van der Waals surface area (Å²) in [5, 5.41) is 2.78. The monoisotopic (exact) mass is 486 g/mol. The molecular formula is C26H35FN4O4. The summed E-state index contributed by atoms with van der Waals surface area (Å²) in [5.74, 6) is -0.835. The van der Waals surface area contributed by atoms with E-state index < -0.39 is 5.60 Å². The molecular weight excluding hydrogens is 451 g/mol. The summed E-state index contributed by atoms with van der Waals surface area (Å²) >= 11 is 0. The number of carbonyl (C=O) groups excluding carboxylic acids is 3. The van der Waals surface area contributed by atoms with E-state index in [0.29, 0.717) is 38.2 Å². The van der Waals surface area contributed by atoms with Crippen LogP contribution in [-0.2, 0) is 16.1 Å². The number of rotatable bonds is 7. The molecule has 0 unspecified atom stereocenters. The predicted octanol–water partition coefficient (Wildman–Crippen LogP) is 3.98. The number of ether oxygens (including phenoxy) is 1. The number of benzene rings is 1. The maximum atomic E-state index is 13.3. The molecule has 1 aromatic carbocycles. The SMILES string of the molecule is CCN(CC(=O)NCc1ccc(F)cc1)C(=O)c1cccn1C1CCN(C(=O)OC(C)(C)C)CC1. The van der Waals surface area contributed by atoms with Crippen molar-refractivity contribution in [1.29, 1.82) is 0 Å². The van der Waals surface area contributed by atoms with Crippen molar-refractivity contribution in [2.75, 3.05) is 26.2 Å². The quantitative estimate of drug-likeness (QED) is 0.642. The van der Waals surface area contributed by atoms with Crippen molar-refractivity contribution in [2.45, 2.75) is 58.7 Å². The number of halogens is 1. The van der Waals surface area contributed by atoms with Gasteiger partial charge in [0.15, 0.2) is 0 Å². The number of nitrogens with zero attached hydrogens (tertiary/aromatic N) is 3. The van der Waals surface area contributed by atoms with Crippen LogP contribution in [0.5, 0.6) is 0 Å². The zero-order valence-electron chi connectivity index (χ0n) is 20.9. The smallest absolute Gasteiger partial charge is 0.410 e. The maximum Gasteiger partial charge on any atom is 0.410 e. The zero-order chi connectivity index (χ0) is 25.6. The third kappa shape index (κ3) is 7.31. The lowest BCUT2D eigenvalue weighted by Crippen LogP contribution is -2.43. The van der Waals surface area contributed by atoms with Crippen LogP contribution in [0.1, 0.15) is 62.6 Å². The van der Waals surface area contributed by atoms with Gasteiger partial charge >= 0.3 is 6.09 Å². The minimum absolute atomic E-state index is 0.0706. The number of hydrogen-bond acceptors (Lipinski definition) is 4. The molecule has 1 aromatic heterocycles. The molecule has 2 aromatic rings. The second kappa shape index (κ2) is 11.4. The molecule has 1 aliphatic heterocycles. The Hall–Kier alpha value is -3.36. The van der Waals surface area contributed by atoms with Crippen LogP contribution in [0.25, 0.3) is 0 Å². The van der Waals surface area contributed by atoms with Crippen LogP contribution in [0.3, 0.4) is 0 Å². The van der Waals surface area contributed by atoms with Crippen molar-refractivity contribution in [3.05, 3.63) is 59.7 Å². The van der Waals surface area contributed by atoms with Crippen molar-refractivity contribution in [2.24, 2.45) is 0 Å². The van der Waals surface area contributed by atoms with Crippen molar-refractivity contribution < 1.29 is 23.5 Å². The molecule has 0 aliphatic carbocycles. The van der Waals surface area contributed by atoms with Crippen LogP contribution in [-0.4, -0.2) is 64.1 Å². The van der Waals surface area contributed by atoms with Crippen LogP contribution in [0, 0.1) is 5.82 Å². The Bertz CT molecular complexity index is 1020. The van der Waals surface area contributed by atoms with Gasteiger partial charge in [-0.1, -0.05) is 12.1 Å². The Balaban J connectivity index is 1.57. The molecule has 1 N–H and O–H groups in total. The molecule has 3 rings (SSSR count). The first-order chi connectivity index (χ1) is 16.6. The molecule has 1 fully saturated rings. The predicted molar refractivity (Wildman–Crippen MR) is 130 cm³/mol. The molecule has 2 heterocycles. The Labute approximate surface area is 206 Å². The van der Waals surface area contributed by atoms with Gasteiger partial charge in [-0.05, 0) is 70.4 Å². The first kappa shape index (κ1) is 26.2. The summed E-state index contributed by atoms with van der Waals surface area (Å²) in [4.78, 5) is 41.3. The normalized spacial score (nSPS) is 14.5. The summed E-state index contributed by atoms with van der Waals surface area (Å²) in [5.41, 5.74) is 0.762. The molecule has 1 aliphatic rings. The van der Waals surface area contributed by atoms with Gasteiger partial charge in [-0.15, -0.1) is 0 Å². The van der Waals surface area contributed by atoms with Gasteiger partial charge < -0.3 is 24.4 Å². The first-order valence-corrected chi connectivity index (χ1v) is 12.0. The highest BCUT2D eigenvalue weighted by molar-refractivity contribution is 5.95. The largest absolute Gasteiger partial charge is 0.444 e. The molecule has 1 saturated heterocycles. The fourth-order valence-electron chi connectivity index (χ4n) is 4.07. The van der Waals surface area contributed by atoms with Gasteiger partial charge in [0.2, 0.25) is 5.91 Å². The van der Waals surface area contributed by atoms with E-state index in [-0.39, 0.29) is 42.9 Å². The first-order valence-electron chi connectivity index (χ1n) is 12.0. The number of hydrogen-bond donors (Lipinski definition) is 1. The lowest BCUT2D eigenvalue weighted by Gasteiger charge is -2.34. The van der Waals surface area contributed by atoms with E-state index in [9.17, 15) is 18.8 Å². The molecule has 8 nitrogen and oxygen atoms in total. The Morgan fingerprint density at radius 1 is 1.11 bits per heavy atom. The van der Waals surface area contributed by atoms with Crippen LogP contribution in [0.4, 0.5) is 9.18 Å². The number of nitrogens with one attached hydrogen (secondary N) is 1. The molecule has 190 valence electrons. The maximum absolute atomic E-state index is 13.3. The van der Waals surface area contributed by atoms with Gasteiger partial charge in [-0.25, -0.2) is 9.18 Å². The second-order valence-electron chi connectivity index (χ2n) is 9.72. The molecule has 0 spiro atoms. The fraction of sp³-hybridized carbons (Fsp3) is 0.500. The second-order valence-corrected chi connectivity index (χ2v) is 9.72. The van der Waals surface area contributed by atoms with E-state index in [1.807, 2.05) is 44.5 Å². The summed E-state index contributed by atoms with van der Waals surface area (Å²) in [7, 11) is 0. The van der Waals surface area contributed by atoms with Gasteiger partial charge in [-0.2, -0.15) is 0 Å². The molecule has 0 bridgehead atoms. The van der Waals surface area contributed by atoms with Gasteiger partial charge in [0.05, 0.1) is 6.54 Å². The van der Waals surface area contributed by atoms with E-state index in [4.69, 9.17) is 4.74 Å². The summed E-state index contributed by atoms with van der Waals surface area (Å²) in [6.45, 7) is 9.04.